The summed E-state index contributed by atoms with van der Waals surface area (Å²) in [5, 5.41) is 9.45. The zero-order valence-electron chi connectivity index (χ0n) is 8.91. The van der Waals surface area contributed by atoms with Gasteiger partial charge in [0, 0.05) is 0 Å². The maximum Gasteiger partial charge on any atom is 0.118 e. The summed E-state index contributed by atoms with van der Waals surface area (Å²) in [7, 11) is 0. The average molecular weight is 197 g/mol. The molecule has 0 aliphatic rings. The van der Waals surface area contributed by atoms with Crippen molar-refractivity contribution in [2.24, 2.45) is 0 Å². The van der Waals surface area contributed by atoms with Crippen LogP contribution in [0.5, 0.6) is 5.75 Å². The maximum absolute atomic E-state index is 9.45. The Hall–Kier alpha value is -1.76. The van der Waals surface area contributed by atoms with Crippen LogP contribution in [-0.4, -0.2) is 5.11 Å². The molecule has 0 spiro atoms. The van der Waals surface area contributed by atoms with E-state index in [1.165, 1.54) is 5.56 Å². The molecule has 2 aromatic rings. The normalized spacial score (nSPS) is 10.3. The molecular weight excluding hydrogens is 184 g/mol. The van der Waals surface area contributed by atoms with Crippen molar-refractivity contribution in [1.82, 2.24) is 0 Å². The highest BCUT2D eigenvalue weighted by Gasteiger charge is 2.03. The highest BCUT2D eigenvalue weighted by atomic mass is 16.3. The second kappa shape index (κ2) is 3.77. The Labute approximate surface area is 90.0 Å². The Kier molecular flexibility index (Phi) is 2.46. The number of phenolic OH excluding ortho intramolecular Hbond substituents is 1. The summed E-state index contributed by atoms with van der Waals surface area (Å²) in [4.78, 5) is 0. The summed E-state index contributed by atoms with van der Waals surface area (Å²) in [6.45, 7) is 3.94. The molecule has 15 heavy (non-hydrogen) atoms. The van der Waals surface area contributed by atoms with Crippen molar-refractivity contribution in [2.45, 2.75) is 13.8 Å². The summed E-state index contributed by atoms with van der Waals surface area (Å²) in [5.74, 6) is 0.344. The van der Waals surface area contributed by atoms with Gasteiger partial charge in [0.2, 0.25) is 0 Å². The smallest absolute Gasteiger partial charge is 0.118 e. The van der Waals surface area contributed by atoms with E-state index in [2.05, 4.69) is 12.1 Å². The predicted octanol–water partition coefficient (Wildman–Crippen LogP) is 3.48. The fourth-order valence-electron chi connectivity index (χ4n) is 1.66. The summed E-state index contributed by atoms with van der Waals surface area (Å²) >= 11 is 0. The minimum Gasteiger partial charge on any atom is -0.508 e. The molecule has 0 unspecified atom stereocenters. The van der Waals surface area contributed by atoms with E-state index in [1.54, 1.807) is 6.07 Å². The Morgan fingerprint density at radius 3 is 2.60 bits per heavy atom. The first-order valence-electron chi connectivity index (χ1n) is 4.96. The third-order valence-corrected chi connectivity index (χ3v) is 2.57. The molecule has 1 nitrogen and oxygen atoms in total. The van der Waals surface area contributed by atoms with Crippen molar-refractivity contribution in [1.29, 1.82) is 0 Å². The molecule has 0 bridgehead atoms. The van der Waals surface area contributed by atoms with Crippen molar-refractivity contribution in [2.75, 3.05) is 0 Å². The van der Waals surface area contributed by atoms with Crippen LogP contribution in [0, 0.1) is 19.9 Å². The van der Waals surface area contributed by atoms with Crippen LogP contribution in [0.1, 0.15) is 11.1 Å². The van der Waals surface area contributed by atoms with Crippen LogP contribution < -0.4 is 0 Å². The Bertz CT molecular complexity index is 486. The van der Waals surface area contributed by atoms with Gasteiger partial charge in [-0.1, -0.05) is 24.3 Å². The van der Waals surface area contributed by atoms with E-state index < -0.39 is 0 Å². The largest absolute Gasteiger partial charge is 0.508 e. The van der Waals surface area contributed by atoms with Gasteiger partial charge in [-0.15, -0.1) is 0 Å². The maximum atomic E-state index is 9.45. The van der Waals surface area contributed by atoms with Crippen molar-refractivity contribution < 1.29 is 5.11 Å². The number of aromatic hydroxyl groups is 1. The van der Waals surface area contributed by atoms with Gasteiger partial charge < -0.3 is 5.11 Å². The van der Waals surface area contributed by atoms with Crippen LogP contribution in [0.4, 0.5) is 0 Å². The molecule has 0 aliphatic carbocycles. The number of hydrogen-bond donors (Lipinski definition) is 1. The first kappa shape index (κ1) is 9.78. The van der Waals surface area contributed by atoms with Crippen molar-refractivity contribution in [3.05, 3.63) is 53.6 Å². The van der Waals surface area contributed by atoms with Gasteiger partial charge in [-0.05, 0) is 54.3 Å². The SMILES string of the molecule is Cc1[c]cccc1-c1ccc(O)c(C)c1. The monoisotopic (exact) mass is 197 g/mol. The van der Waals surface area contributed by atoms with E-state index in [0.29, 0.717) is 5.75 Å². The predicted molar refractivity (Wildman–Crippen MR) is 61.9 cm³/mol. The van der Waals surface area contributed by atoms with E-state index in [9.17, 15) is 5.11 Å². The average Bonchev–Trinajstić information content (AvgIpc) is 2.23. The molecule has 1 N–H and O–H groups in total. The molecule has 2 aromatic carbocycles. The molecule has 0 fully saturated rings. The van der Waals surface area contributed by atoms with Gasteiger partial charge in [0.15, 0.2) is 0 Å². The highest BCUT2D eigenvalue weighted by Crippen LogP contribution is 2.27. The van der Waals surface area contributed by atoms with Crippen LogP contribution in [0.2, 0.25) is 0 Å². The first-order chi connectivity index (χ1) is 7.18. The van der Waals surface area contributed by atoms with E-state index in [0.717, 1.165) is 16.7 Å². The van der Waals surface area contributed by atoms with Crippen LogP contribution in [0.15, 0.2) is 36.4 Å². The number of phenols is 1. The highest BCUT2D eigenvalue weighted by molar-refractivity contribution is 5.68. The van der Waals surface area contributed by atoms with E-state index in [4.69, 9.17) is 0 Å². The van der Waals surface area contributed by atoms with Gasteiger partial charge in [0.25, 0.3) is 0 Å². The lowest BCUT2D eigenvalue weighted by Gasteiger charge is -2.07. The summed E-state index contributed by atoms with van der Waals surface area (Å²) in [6, 6.07) is 14.8. The number of hydrogen-bond acceptors (Lipinski definition) is 1. The molecule has 0 aliphatic heterocycles. The van der Waals surface area contributed by atoms with Crippen LogP contribution >= 0.6 is 0 Å². The third-order valence-electron chi connectivity index (χ3n) is 2.57. The summed E-state index contributed by atoms with van der Waals surface area (Å²) < 4.78 is 0. The van der Waals surface area contributed by atoms with E-state index >= 15 is 0 Å². The minimum atomic E-state index is 0.344. The zero-order valence-corrected chi connectivity index (χ0v) is 8.91. The molecule has 1 radical (unpaired) electrons. The summed E-state index contributed by atoms with van der Waals surface area (Å²) in [6.07, 6.45) is 0. The van der Waals surface area contributed by atoms with Crippen LogP contribution in [0.3, 0.4) is 0 Å². The Balaban J connectivity index is 2.55. The Morgan fingerprint density at radius 1 is 1.13 bits per heavy atom. The molecule has 2 rings (SSSR count). The molecule has 1 heteroatoms. The van der Waals surface area contributed by atoms with Crippen molar-refractivity contribution in [3.63, 3.8) is 0 Å². The van der Waals surface area contributed by atoms with Crippen LogP contribution in [0.25, 0.3) is 11.1 Å². The van der Waals surface area contributed by atoms with Gasteiger partial charge in [0.05, 0.1) is 0 Å². The van der Waals surface area contributed by atoms with Gasteiger partial charge in [-0.3, -0.25) is 0 Å². The standard InChI is InChI=1S/C14H13O/c1-10-5-3-4-6-13(10)12-7-8-14(15)11(2)9-12/h3-4,6-9,15H,1-2H3. The molecule has 0 saturated heterocycles. The second-order valence-corrected chi connectivity index (χ2v) is 3.71. The molecule has 75 valence electrons. The molecule has 0 amide bonds. The van der Waals surface area contributed by atoms with Gasteiger partial charge in [-0.2, -0.15) is 0 Å². The van der Waals surface area contributed by atoms with Gasteiger partial charge >= 0.3 is 0 Å². The lowest BCUT2D eigenvalue weighted by molar-refractivity contribution is 0.471. The fraction of sp³-hybridized carbons (Fsp3) is 0.143. The Morgan fingerprint density at radius 2 is 1.93 bits per heavy atom. The molecule has 0 atom stereocenters. The minimum absolute atomic E-state index is 0.344. The summed E-state index contributed by atoms with van der Waals surface area (Å²) in [5.41, 5.74) is 4.32. The number of benzene rings is 2. The fourth-order valence-corrected chi connectivity index (χ4v) is 1.66. The molecule has 0 aromatic heterocycles. The molecule has 0 heterocycles. The molecule has 0 saturated carbocycles. The zero-order chi connectivity index (χ0) is 10.8. The van der Waals surface area contributed by atoms with Gasteiger partial charge in [-0.25, -0.2) is 0 Å². The van der Waals surface area contributed by atoms with E-state index in [1.807, 2.05) is 38.1 Å². The van der Waals surface area contributed by atoms with Crippen molar-refractivity contribution in [3.8, 4) is 16.9 Å². The molecular formula is C14H13O. The first-order valence-corrected chi connectivity index (χ1v) is 4.96. The lowest BCUT2D eigenvalue weighted by atomic mass is 9.99. The van der Waals surface area contributed by atoms with E-state index in [-0.39, 0.29) is 0 Å². The van der Waals surface area contributed by atoms with Crippen molar-refractivity contribution >= 4 is 0 Å². The number of rotatable bonds is 1. The third kappa shape index (κ3) is 1.86. The second-order valence-electron chi connectivity index (χ2n) is 3.71. The number of aryl methyl sites for hydroxylation is 2. The topological polar surface area (TPSA) is 20.2 Å². The van der Waals surface area contributed by atoms with Gasteiger partial charge in [0.1, 0.15) is 5.75 Å². The van der Waals surface area contributed by atoms with Crippen LogP contribution in [-0.2, 0) is 0 Å². The lowest BCUT2D eigenvalue weighted by Crippen LogP contribution is -1.84. The quantitative estimate of drug-likeness (QED) is 0.742.